The van der Waals surface area contributed by atoms with Crippen LogP contribution in [0.3, 0.4) is 0 Å². The van der Waals surface area contributed by atoms with Crippen LogP contribution in [-0.4, -0.2) is 54.4 Å². The highest BCUT2D eigenvalue weighted by atomic mass is 19.4. The number of methoxy groups -OCH3 is 1. The molecular formula is C23H22F3N5O2. The van der Waals surface area contributed by atoms with Gasteiger partial charge < -0.3 is 19.9 Å². The number of nitrogens with one attached hydrogen (secondary N) is 1. The fraction of sp³-hybridized carbons (Fsp3) is 0.261. The monoisotopic (exact) mass is 457 g/mol. The molecule has 1 saturated heterocycles. The topological polar surface area (TPSA) is 70.6 Å². The molecule has 172 valence electrons. The number of halogens is 3. The zero-order valence-corrected chi connectivity index (χ0v) is 17.8. The molecule has 4 rings (SSSR count). The number of rotatable bonds is 4. The van der Waals surface area contributed by atoms with Crippen LogP contribution in [0.15, 0.2) is 60.7 Å². The SMILES string of the molecule is COc1cccc(-c2ccc(N3CCN(C(=O)Nc4ccccc4C(F)(F)F)CC3)nn2)c1. The number of nitrogens with zero attached hydrogens (tertiary/aromatic N) is 4. The maximum absolute atomic E-state index is 13.2. The van der Waals surface area contributed by atoms with Crippen molar-refractivity contribution in [2.75, 3.05) is 43.5 Å². The average Bonchev–Trinajstić information content (AvgIpc) is 2.84. The molecule has 0 spiro atoms. The van der Waals surface area contributed by atoms with Crippen molar-refractivity contribution < 1.29 is 22.7 Å². The van der Waals surface area contributed by atoms with Gasteiger partial charge >= 0.3 is 12.2 Å². The van der Waals surface area contributed by atoms with E-state index in [9.17, 15) is 18.0 Å². The first-order valence-corrected chi connectivity index (χ1v) is 10.3. The number of amides is 2. The average molecular weight is 457 g/mol. The normalized spacial score (nSPS) is 14.2. The summed E-state index contributed by atoms with van der Waals surface area (Å²) in [7, 11) is 1.60. The van der Waals surface area contributed by atoms with Gasteiger partial charge in [0.25, 0.3) is 0 Å². The summed E-state index contributed by atoms with van der Waals surface area (Å²) < 4.78 is 44.7. The number of piperazine rings is 1. The summed E-state index contributed by atoms with van der Waals surface area (Å²) in [5.74, 6) is 1.40. The minimum atomic E-state index is -4.54. The summed E-state index contributed by atoms with van der Waals surface area (Å²) in [5.41, 5.74) is 0.466. The number of para-hydroxylation sites is 1. The quantitative estimate of drug-likeness (QED) is 0.624. The van der Waals surface area contributed by atoms with Gasteiger partial charge in [0, 0.05) is 31.7 Å². The van der Waals surface area contributed by atoms with E-state index < -0.39 is 17.8 Å². The summed E-state index contributed by atoms with van der Waals surface area (Å²) >= 11 is 0. The molecule has 1 N–H and O–H groups in total. The van der Waals surface area contributed by atoms with E-state index in [0.717, 1.165) is 17.4 Å². The Bertz CT molecular complexity index is 1110. The van der Waals surface area contributed by atoms with Crippen molar-refractivity contribution in [3.63, 3.8) is 0 Å². The van der Waals surface area contributed by atoms with E-state index in [1.165, 1.54) is 23.1 Å². The summed E-state index contributed by atoms with van der Waals surface area (Å²) in [6.07, 6.45) is -4.54. The largest absolute Gasteiger partial charge is 0.497 e. The molecule has 1 aromatic heterocycles. The molecule has 1 aliphatic heterocycles. The van der Waals surface area contributed by atoms with Crippen LogP contribution in [0.1, 0.15) is 5.56 Å². The maximum Gasteiger partial charge on any atom is 0.418 e. The second-order valence-corrected chi connectivity index (χ2v) is 7.46. The summed E-state index contributed by atoms with van der Waals surface area (Å²) in [5, 5.41) is 11.0. The van der Waals surface area contributed by atoms with Gasteiger partial charge in [-0.05, 0) is 36.4 Å². The van der Waals surface area contributed by atoms with Gasteiger partial charge in [-0.15, -0.1) is 10.2 Å². The van der Waals surface area contributed by atoms with E-state index in [4.69, 9.17) is 4.74 Å². The molecule has 0 radical (unpaired) electrons. The second kappa shape index (κ2) is 9.35. The predicted molar refractivity (Wildman–Crippen MR) is 118 cm³/mol. The van der Waals surface area contributed by atoms with Crippen LogP contribution in [0.5, 0.6) is 5.75 Å². The van der Waals surface area contributed by atoms with Crippen molar-refractivity contribution >= 4 is 17.5 Å². The third kappa shape index (κ3) is 5.16. The lowest BCUT2D eigenvalue weighted by molar-refractivity contribution is -0.136. The van der Waals surface area contributed by atoms with Gasteiger partial charge in [-0.2, -0.15) is 13.2 Å². The van der Waals surface area contributed by atoms with E-state index in [-0.39, 0.29) is 5.69 Å². The maximum atomic E-state index is 13.2. The van der Waals surface area contributed by atoms with Gasteiger partial charge in [0.2, 0.25) is 0 Å². The van der Waals surface area contributed by atoms with Crippen LogP contribution in [0.4, 0.5) is 29.5 Å². The van der Waals surface area contributed by atoms with E-state index in [0.29, 0.717) is 37.7 Å². The minimum absolute atomic E-state index is 0.253. The van der Waals surface area contributed by atoms with Crippen LogP contribution in [-0.2, 0) is 6.18 Å². The van der Waals surface area contributed by atoms with Gasteiger partial charge in [0.1, 0.15) is 5.75 Å². The third-order valence-electron chi connectivity index (χ3n) is 5.38. The molecule has 2 amide bonds. The fourth-order valence-electron chi connectivity index (χ4n) is 3.60. The Hall–Kier alpha value is -3.82. The number of carbonyl (C=O) groups is 1. The fourth-order valence-corrected chi connectivity index (χ4v) is 3.60. The number of aromatic nitrogens is 2. The van der Waals surface area contributed by atoms with E-state index in [1.54, 1.807) is 7.11 Å². The molecule has 1 fully saturated rings. The number of hydrogen-bond acceptors (Lipinski definition) is 5. The molecule has 3 aromatic rings. The van der Waals surface area contributed by atoms with Crippen LogP contribution in [0.2, 0.25) is 0 Å². The van der Waals surface area contributed by atoms with Crippen molar-refractivity contribution in [2.45, 2.75) is 6.18 Å². The first-order valence-electron chi connectivity index (χ1n) is 10.3. The van der Waals surface area contributed by atoms with Crippen LogP contribution in [0.25, 0.3) is 11.3 Å². The van der Waals surface area contributed by atoms with Gasteiger partial charge in [0.05, 0.1) is 24.1 Å². The molecule has 10 heteroatoms. The Morgan fingerprint density at radius 3 is 2.39 bits per heavy atom. The van der Waals surface area contributed by atoms with Gasteiger partial charge in [0.15, 0.2) is 5.82 Å². The number of ether oxygens (including phenoxy) is 1. The Morgan fingerprint density at radius 2 is 1.73 bits per heavy atom. The first kappa shape index (κ1) is 22.4. The number of anilines is 2. The highest BCUT2D eigenvalue weighted by molar-refractivity contribution is 5.90. The molecule has 0 saturated carbocycles. The minimum Gasteiger partial charge on any atom is -0.497 e. The number of urea groups is 1. The van der Waals surface area contributed by atoms with Crippen molar-refractivity contribution in [3.05, 3.63) is 66.2 Å². The molecule has 7 nitrogen and oxygen atoms in total. The Kier molecular flexibility index (Phi) is 6.34. The summed E-state index contributed by atoms with van der Waals surface area (Å²) in [6, 6.07) is 15.6. The predicted octanol–water partition coefficient (Wildman–Crippen LogP) is 4.53. The van der Waals surface area contributed by atoms with Crippen LogP contribution in [0, 0.1) is 0 Å². The highest BCUT2D eigenvalue weighted by Crippen LogP contribution is 2.34. The smallest absolute Gasteiger partial charge is 0.418 e. The van der Waals surface area contributed by atoms with Gasteiger partial charge in [-0.25, -0.2) is 4.79 Å². The molecule has 0 bridgehead atoms. The second-order valence-electron chi connectivity index (χ2n) is 7.46. The molecule has 2 aromatic carbocycles. The van der Waals surface area contributed by atoms with E-state index in [2.05, 4.69) is 15.5 Å². The molecule has 0 aliphatic carbocycles. The molecule has 1 aliphatic rings. The summed E-state index contributed by atoms with van der Waals surface area (Å²) in [6.45, 7) is 1.67. The van der Waals surface area contributed by atoms with Crippen LogP contribution >= 0.6 is 0 Å². The standard InChI is InChI=1S/C23H22F3N5O2/c1-33-17-6-4-5-16(15-17)19-9-10-21(29-28-19)30-11-13-31(14-12-30)22(32)27-20-8-3-2-7-18(20)23(24,25)26/h2-10,15H,11-14H2,1H3,(H,27,32). The van der Waals surface area contributed by atoms with Crippen LogP contribution < -0.4 is 15.0 Å². The Morgan fingerprint density at radius 1 is 0.970 bits per heavy atom. The lowest BCUT2D eigenvalue weighted by Gasteiger charge is -2.35. The molecule has 33 heavy (non-hydrogen) atoms. The Balaban J connectivity index is 1.37. The first-order chi connectivity index (χ1) is 15.8. The zero-order chi connectivity index (χ0) is 23.4. The lowest BCUT2D eigenvalue weighted by atomic mass is 10.1. The molecule has 0 unspecified atom stereocenters. The van der Waals surface area contributed by atoms with Gasteiger partial charge in [-0.1, -0.05) is 24.3 Å². The molecule has 0 atom stereocenters. The Labute approximate surface area is 188 Å². The molecule has 2 heterocycles. The number of hydrogen-bond donors (Lipinski definition) is 1. The summed E-state index contributed by atoms with van der Waals surface area (Å²) in [4.78, 5) is 16.0. The molecular weight excluding hydrogens is 435 g/mol. The van der Waals surface area contributed by atoms with E-state index in [1.807, 2.05) is 41.3 Å². The number of alkyl halides is 3. The lowest BCUT2D eigenvalue weighted by Crippen LogP contribution is -2.50. The number of carbonyl (C=O) groups excluding carboxylic acids is 1. The highest BCUT2D eigenvalue weighted by Gasteiger charge is 2.34. The van der Waals surface area contributed by atoms with Crippen molar-refractivity contribution in [2.24, 2.45) is 0 Å². The van der Waals surface area contributed by atoms with E-state index >= 15 is 0 Å². The van der Waals surface area contributed by atoms with Crippen molar-refractivity contribution in [1.82, 2.24) is 15.1 Å². The van der Waals surface area contributed by atoms with Crippen molar-refractivity contribution in [1.29, 1.82) is 0 Å². The van der Waals surface area contributed by atoms with Gasteiger partial charge in [-0.3, -0.25) is 0 Å². The van der Waals surface area contributed by atoms with Crippen molar-refractivity contribution in [3.8, 4) is 17.0 Å². The third-order valence-corrected chi connectivity index (χ3v) is 5.38. The zero-order valence-electron chi connectivity index (χ0n) is 17.8. The number of benzene rings is 2.